The number of nitrogens with one attached hydrogen (secondary N) is 1. The minimum absolute atomic E-state index is 0.00656. The van der Waals surface area contributed by atoms with E-state index < -0.39 is 4.92 Å². The van der Waals surface area contributed by atoms with Crippen LogP contribution in [0.4, 0.5) is 5.69 Å². The summed E-state index contributed by atoms with van der Waals surface area (Å²) in [6.07, 6.45) is 3.74. The molecular formula is C15H21N3O3. The molecule has 1 saturated heterocycles. The van der Waals surface area contributed by atoms with Crippen LogP contribution in [0.3, 0.4) is 0 Å². The van der Waals surface area contributed by atoms with Crippen molar-refractivity contribution in [3.63, 3.8) is 0 Å². The first kappa shape index (κ1) is 15.4. The first-order valence-corrected chi connectivity index (χ1v) is 7.34. The topological polar surface area (TPSA) is 75.5 Å². The quantitative estimate of drug-likeness (QED) is 0.666. The number of rotatable bonds is 5. The Morgan fingerprint density at radius 1 is 1.29 bits per heavy atom. The molecule has 1 aromatic rings. The number of likely N-dealkylation sites (tertiary alicyclic amines) is 1. The van der Waals surface area contributed by atoms with E-state index in [4.69, 9.17) is 0 Å². The van der Waals surface area contributed by atoms with Crippen molar-refractivity contribution in [1.29, 1.82) is 0 Å². The fraction of sp³-hybridized carbons (Fsp3) is 0.533. The van der Waals surface area contributed by atoms with E-state index in [2.05, 4.69) is 10.2 Å². The van der Waals surface area contributed by atoms with Crippen LogP contribution in [0.15, 0.2) is 24.3 Å². The van der Waals surface area contributed by atoms with Gasteiger partial charge in [-0.2, -0.15) is 0 Å². The fourth-order valence-electron chi connectivity index (χ4n) is 2.62. The van der Waals surface area contributed by atoms with Gasteiger partial charge < -0.3 is 10.2 Å². The predicted octanol–water partition coefficient (Wildman–Crippen LogP) is 2.20. The second-order valence-corrected chi connectivity index (χ2v) is 5.54. The number of amides is 1. The molecule has 21 heavy (non-hydrogen) atoms. The third kappa shape index (κ3) is 4.53. The zero-order valence-electron chi connectivity index (χ0n) is 12.2. The third-order valence-electron chi connectivity index (χ3n) is 3.70. The van der Waals surface area contributed by atoms with E-state index in [1.807, 2.05) is 6.92 Å². The van der Waals surface area contributed by atoms with Gasteiger partial charge in [0.25, 0.3) is 11.6 Å². The molecule has 1 N–H and O–H groups in total. The van der Waals surface area contributed by atoms with Gasteiger partial charge >= 0.3 is 0 Å². The molecule has 0 bridgehead atoms. The van der Waals surface area contributed by atoms with E-state index in [9.17, 15) is 14.9 Å². The standard InChI is InChI=1S/C15H21N3O3/c1-12(11-17-9-3-2-4-10-17)16-15(19)13-5-7-14(8-6-13)18(20)21/h5-8,12H,2-4,9-11H2,1H3,(H,16,19)/t12-/m0/s1. The van der Waals surface area contributed by atoms with Gasteiger partial charge in [-0.25, -0.2) is 0 Å². The van der Waals surface area contributed by atoms with E-state index in [1.165, 1.54) is 43.5 Å². The molecule has 1 amide bonds. The van der Waals surface area contributed by atoms with Crippen LogP contribution >= 0.6 is 0 Å². The molecule has 6 heteroatoms. The van der Waals surface area contributed by atoms with Crippen molar-refractivity contribution in [2.75, 3.05) is 19.6 Å². The maximum Gasteiger partial charge on any atom is 0.269 e. The Morgan fingerprint density at radius 2 is 1.90 bits per heavy atom. The maximum atomic E-state index is 12.1. The Labute approximate surface area is 124 Å². The van der Waals surface area contributed by atoms with E-state index in [0.29, 0.717) is 5.56 Å². The summed E-state index contributed by atoms with van der Waals surface area (Å²) in [4.78, 5) is 24.6. The summed E-state index contributed by atoms with van der Waals surface area (Å²) >= 11 is 0. The Kier molecular flexibility index (Phi) is 5.27. The second kappa shape index (κ2) is 7.17. The predicted molar refractivity (Wildman–Crippen MR) is 80.3 cm³/mol. The summed E-state index contributed by atoms with van der Waals surface area (Å²) in [5.74, 6) is -0.186. The van der Waals surface area contributed by atoms with Crippen molar-refractivity contribution >= 4 is 11.6 Å². The molecule has 0 spiro atoms. The number of hydrogen-bond donors (Lipinski definition) is 1. The average Bonchev–Trinajstić information content (AvgIpc) is 2.48. The van der Waals surface area contributed by atoms with Crippen LogP contribution in [-0.2, 0) is 0 Å². The minimum atomic E-state index is -0.472. The molecule has 1 aliphatic heterocycles. The summed E-state index contributed by atoms with van der Waals surface area (Å²) in [7, 11) is 0. The SMILES string of the molecule is C[C@@H](CN1CCCCC1)NC(=O)c1ccc([N+](=O)[O-])cc1. The van der Waals surface area contributed by atoms with E-state index >= 15 is 0 Å². The van der Waals surface area contributed by atoms with Crippen molar-refractivity contribution < 1.29 is 9.72 Å². The highest BCUT2D eigenvalue weighted by Crippen LogP contribution is 2.12. The smallest absolute Gasteiger partial charge is 0.269 e. The van der Waals surface area contributed by atoms with Crippen LogP contribution in [0.25, 0.3) is 0 Å². The Morgan fingerprint density at radius 3 is 2.48 bits per heavy atom. The monoisotopic (exact) mass is 291 g/mol. The van der Waals surface area contributed by atoms with Gasteiger partial charge in [-0.3, -0.25) is 14.9 Å². The summed E-state index contributed by atoms with van der Waals surface area (Å²) in [6.45, 7) is 5.02. The molecule has 1 heterocycles. The summed E-state index contributed by atoms with van der Waals surface area (Å²) in [5.41, 5.74) is 0.444. The number of nitro groups is 1. The van der Waals surface area contributed by atoms with Crippen LogP contribution in [-0.4, -0.2) is 41.4 Å². The molecule has 114 valence electrons. The lowest BCUT2D eigenvalue weighted by Crippen LogP contribution is -2.43. The van der Waals surface area contributed by atoms with Gasteiger partial charge in [-0.15, -0.1) is 0 Å². The number of nitrogens with zero attached hydrogens (tertiary/aromatic N) is 2. The molecule has 0 saturated carbocycles. The Hall–Kier alpha value is -1.95. The fourth-order valence-corrected chi connectivity index (χ4v) is 2.62. The first-order chi connectivity index (χ1) is 10.1. The molecule has 0 aliphatic carbocycles. The molecule has 1 atom stereocenters. The van der Waals surface area contributed by atoms with E-state index in [0.717, 1.165) is 19.6 Å². The highest BCUT2D eigenvalue weighted by molar-refractivity contribution is 5.94. The van der Waals surface area contributed by atoms with Crippen molar-refractivity contribution in [3.05, 3.63) is 39.9 Å². The molecule has 6 nitrogen and oxygen atoms in total. The highest BCUT2D eigenvalue weighted by Gasteiger charge is 2.16. The number of non-ortho nitro benzene ring substituents is 1. The zero-order valence-corrected chi connectivity index (χ0v) is 12.2. The van der Waals surface area contributed by atoms with Gasteiger partial charge in [0.05, 0.1) is 4.92 Å². The number of carbonyl (C=O) groups excluding carboxylic acids is 1. The lowest BCUT2D eigenvalue weighted by atomic mass is 10.1. The average molecular weight is 291 g/mol. The van der Waals surface area contributed by atoms with Crippen molar-refractivity contribution in [3.8, 4) is 0 Å². The van der Waals surface area contributed by atoms with Crippen molar-refractivity contribution in [2.45, 2.75) is 32.2 Å². The van der Waals surface area contributed by atoms with Gasteiger partial charge in [-0.1, -0.05) is 6.42 Å². The number of hydrogen-bond acceptors (Lipinski definition) is 4. The van der Waals surface area contributed by atoms with Gasteiger partial charge in [0.1, 0.15) is 0 Å². The van der Waals surface area contributed by atoms with Crippen LogP contribution in [0.5, 0.6) is 0 Å². The van der Waals surface area contributed by atoms with Crippen molar-refractivity contribution in [1.82, 2.24) is 10.2 Å². The summed E-state index contributed by atoms with van der Waals surface area (Å²) in [5, 5.41) is 13.5. The number of carbonyl (C=O) groups is 1. The molecular weight excluding hydrogens is 270 g/mol. The first-order valence-electron chi connectivity index (χ1n) is 7.34. The number of benzene rings is 1. The van der Waals surface area contributed by atoms with Crippen LogP contribution in [0, 0.1) is 10.1 Å². The van der Waals surface area contributed by atoms with Gasteiger partial charge in [0, 0.05) is 30.3 Å². The lowest BCUT2D eigenvalue weighted by molar-refractivity contribution is -0.384. The molecule has 1 aromatic carbocycles. The highest BCUT2D eigenvalue weighted by atomic mass is 16.6. The normalized spacial score (nSPS) is 17.2. The van der Waals surface area contributed by atoms with Gasteiger partial charge in [0.2, 0.25) is 0 Å². The van der Waals surface area contributed by atoms with Crippen LogP contribution in [0.1, 0.15) is 36.5 Å². The van der Waals surface area contributed by atoms with Gasteiger partial charge in [-0.05, 0) is 45.0 Å². The summed E-state index contributed by atoms with van der Waals surface area (Å²) < 4.78 is 0. The summed E-state index contributed by atoms with van der Waals surface area (Å²) in [6, 6.07) is 5.74. The van der Waals surface area contributed by atoms with E-state index in [1.54, 1.807) is 0 Å². The zero-order chi connectivity index (χ0) is 15.2. The van der Waals surface area contributed by atoms with Crippen LogP contribution in [0.2, 0.25) is 0 Å². The molecule has 0 radical (unpaired) electrons. The van der Waals surface area contributed by atoms with Crippen molar-refractivity contribution in [2.24, 2.45) is 0 Å². The molecule has 2 rings (SSSR count). The maximum absolute atomic E-state index is 12.1. The molecule has 0 aromatic heterocycles. The Balaban J connectivity index is 1.86. The molecule has 0 unspecified atom stereocenters. The third-order valence-corrected chi connectivity index (χ3v) is 3.70. The van der Waals surface area contributed by atoms with Gasteiger partial charge in [0.15, 0.2) is 0 Å². The van der Waals surface area contributed by atoms with E-state index in [-0.39, 0.29) is 17.6 Å². The minimum Gasteiger partial charge on any atom is -0.348 e. The van der Waals surface area contributed by atoms with Crippen LogP contribution < -0.4 is 5.32 Å². The molecule has 1 aliphatic rings. The number of nitro benzene ring substituents is 1. The lowest BCUT2D eigenvalue weighted by Gasteiger charge is -2.29. The Bertz CT molecular complexity index is 495. The largest absolute Gasteiger partial charge is 0.348 e. The molecule has 1 fully saturated rings. The number of piperidine rings is 1. The second-order valence-electron chi connectivity index (χ2n) is 5.54.